The summed E-state index contributed by atoms with van der Waals surface area (Å²) in [5.41, 5.74) is 6.78. The topological polar surface area (TPSA) is 108 Å². The zero-order chi connectivity index (χ0) is 21.1. The van der Waals surface area contributed by atoms with Gasteiger partial charge in [-0.15, -0.1) is 0 Å². The van der Waals surface area contributed by atoms with Crippen LogP contribution in [0.15, 0.2) is 18.2 Å². The molecule has 1 aromatic carbocycles. The minimum atomic E-state index is -0.895. The van der Waals surface area contributed by atoms with Gasteiger partial charge < -0.3 is 26.6 Å². The van der Waals surface area contributed by atoms with E-state index in [0.717, 1.165) is 6.42 Å². The number of amides is 1. The third kappa shape index (κ3) is 5.64. The van der Waals surface area contributed by atoms with Crippen LogP contribution in [-0.2, 0) is 4.79 Å². The van der Waals surface area contributed by atoms with Crippen molar-refractivity contribution in [1.82, 2.24) is 10.6 Å². The van der Waals surface area contributed by atoms with E-state index in [1.54, 1.807) is 12.1 Å². The molecule has 8 heteroatoms. The second-order valence-electron chi connectivity index (χ2n) is 8.68. The van der Waals surface area contributed by atoms with Crippen molar-refractivity contribution in [3.05, 3.63) is 34.6 Å². The van der Waals surface area contributed by atoms with Crippen LogP contribution >= 0.6 is 11.6 Å². The summed E-state index contributed by atoms with van der Waals surface area (Å²) in [7, 11) is 0. The number of benzene rings is 1. The smallest absolute Gasteiger partial charge is 0.237 e. The van der Waals surface area contributed by atoms with Gasteiger partial charge in [-0.3, -0.25) is 4.79 Å². The summed E-state index contributed by atoms with van der Waals surface area (Å²) in [5, 5.41) is 24.4. The molecule has 6 nitrogen and oxygen atoms in total. The first-order valence-corrected chi connectivity index (χ1v) is 9.95. The van der Waals surface area contributed by atoms with Gasteiger partial charge in [-0.1, -0.05) is 44.5 Å². The quantitative estimate of drug-likeness (QED) is 0.464. The van der Waals surface area contributed by atoms with Crippen LogP contribution in [0, 0.1) is 11.2 Å². The first-order valence-electron chi connectivity index (χ1n) is 9.57. The molecular weight excluding hydrogens is 385 g/mol. The maximum Gasteiger partial charge on any atom is 0.237 e. The Kier molecular flexibility index (Phi) is 7.81. The average Bonchev–Trinajstić information content (AvgIpc) is 2.92. The maximum atomic E-state index is 14.7. The van der Waals surface area contributed by atoms with Crippen molar-refractivity contribution < 1.29 is 19.4 Å². The van der Waals surface area contributed by atoms with Crippen LogP contribution in [0.1, 0.15) is 45.1 Å². The fourth-order valence-corrected chi connectivity index (χ4v) is 3.92. The minimum absolute atomic E-state index is 0.00537. The van der Waals surface area contributed by atoms with Gasteiger partial charge in [0.15, 0.2) is 0 Å². The SMILES string of the molecule is CC(C)(C)C[C@@H]1N[C@H](C(=O)NCC[C@H](O)CO)[C@H](c2cccc(Cl)c2F)C1N. The van der Waals surface area contributed by atoms with Crippen LogP contribution in [0.25, 0.3) is 0 Å². The third-order valence-corrected chi connectivity index (χ3v) is 5.37. The summed E-state index contributed by atoms with van der Waals surface area (Å²) < 4.78 is 14.7. The second kappa shape index (κ2) is 9.50. The van der Waals surface area contributed by atoms with Gasteiger partial charge in [0.05, 0.1) is 23.8 Å². The van der Waals surface area contributed by atoms with Gasteiger partial charge in [-0.05, 0) is 29.9 Å². The molecule has 0 bridgehead atoms. The van der Waals surface area contributed by atoms with Crippen molar-refractivity contribution in [3.8, 4) is 0 Å². The van der Waals surface area contributed by atoms with E-state index in [0.29, 0.717) is 5.56 Å². The Hall–Kier alpha value is -1.25. The number of hydrogen-bond acceptors (Lipinski definition) is 5. The number of rotatable bonds is 7. The lowest BCUT2D eigenvalue weighted by Gasteiger charge is -2.27. The fourth-order valence-electron chi connectivity index (χ4n) is 3.74. The number of halogens is 2. The van der Waals surface area contributed by atoms with E-state index in [1.165, 1.54) is 6.07 Å². The number of nitrogens with two attached hydrogens (primary N) is 1. The Bertz CT molecular complexity index is 683. The molecule has 1 aliphatic rings. The maximum absolute atomic E-state index is 14.7. The van der Waals surface area contributed by atoms with Crippen molar-refractivity contribution >= 4 is 17.5 Å². The van der Waals surface area contributed by atoms with E-state index in [1.807, 2.05) is 0 Å². The Morgan fingerprint density at radius 3 is 2.71 bits per heavy atom. The molecule has 1 fully saturated rings. The molecule has 0 radical (unpaired) electrons. The highest BCUT2D eigenvalue weighted by molar-refractivity contribution is 6.30. The van der Waals surface area contributed by atoms with Gasteiger partial charge in [0.25, 0.3) is 0 Å². The standard InChI is InChI=1S/C20H31ClFN3O3/c1-20(2,3)9-14-17(23)15(12-5-4-6-13(21)16(12)22)18(25-14)19(28)24-8-7-11(27)10-26/h4-6,11,14-15,17-18,25-27H,7-10,23H2,1-3H3,(H,24,28)/t11-,14-,15+,17?,18-/m0/s1. The molecule has 1 amide bonds. The zero-order valence-corrected chi connectivity index (χ0v) is 17.3. The van der Waals surface area contributed by atoms with Gasteiger partial charge in [0.2, 0.25) is 5.91 Å². The Labute approximate surface area is 170 Å². The van der Waals surface area contributed by atoms with Crippen molar-refractivity contribution in [2.24, 2.45) is 11.1 Å². The first kappa shape index (κ1) is 23.0. The van der Waals surface area contributed by atoms with Crippen LogP contribution < -0.4 is 16.4 Å². The summed E-state index contributed by atoms with van der Waals surface area (Å²) in [5.74, 6) is -1.45. The van der Waals surface area contributed by atoms with Crippen LogP contribution in [0.2, 0.25) is 5.02 Å². The molecule has 5 atom stereocenters. The highest BCUT2D eigenvalue weighted by Crippen LogP contribution is 2.37. The van der Waals surface area contributed by atoms with Crippen molar-refractivity contribution in [2.45, 2.75) is 63.8 Å². The van der Waals surface area contributed by atoms with E-state index >= 15 is 0 Å². The minimum Gasteiger partial charge on any atom is -0.394 e. The molecule has 1 aromatic rings. The normalized spacial score (nSPS) is 26.3. The van der Waals surface area contributed by atoms with E-state index in [2.05, 4.69) is 31.4 Å². The monoisotopic (exact) mass is 415 g/mol. The third-order valence-electron chi connectivity index (χ3n) is 5.07. The molecule has 1 aliphatic heterocycles. The predicted octanol–water partition coefficient (Wildman–Crippen LogP) is 1.53. The summed E-state index contributed by atoms with van der Waals surface area (Å²) in [6, 6.07) is 3.38. The number of nitrogens with one attached hydrogen (secondary N) is 2. The first-order chi connectivity index (χ1) is 13.0. The lowest BCUT2D eigenvalue weighted by atomic mass is 9.81. The average molecular weight is 416 g/mol. The second-order valence-corrected chi connectivity index (χ2v) is 9.09. The van der Waals surface area contributed by atoms with Gasteiger partial charge in [-0.25, -0.2) is 4.39 Å². The Balaban J connectivity index is 2.25. The lowest BCUT2D eigenvalue weighted by molar-refractivity contribution is -0.123. The largest absolute Gasteiger partial charge is 0.394 e. The Morgan fingerprint density at radius 1 is 1.43 bits per heavy atom. The van der Waals surface area contributed by atoms with Crippen molar-refractivity contribution in [3.63, 3.8) is 0 Å². The van der Waals surface area contributed by atoms with E-state index in [-0.39, 0.29) is 42.0 Å². The van der Waals surface area contributed by atoms with Crippen LogP contribution in [0.3, 0.4) is 0 Å². The van der Waals surface area contributed by atoms with Gasteiger partial charge in [0, 0.05) is 24.5 Å². The van der Waals surface area contributed by atoms with Gasteiger partial charge >= 0.3 is 0 Å². The highest BCUT2D eigenvalue weighted by Gasteiger charge is 2.47. The van der Waals surface area contributed by atoms with Crippen LogP contribution in [0.5, 0.6) is 0 Å². The molecular formula is C20H31ClFN3O3. The molecule has 1 unspecified atom stereocenters. The van der Waals surface area contributed by atoms with Crippen LogP contribution in [-0.4, -0.2) is 53.5 Å². The molecule has 0 aromatic heterocycles. The van der Waals surface area contributed by atoms with E-state index in [4.69, 9.17) is 22.4 Å². The molecule has 2 rings (SSSR count). The molecule has 28 heavy (non-hydrogen) atoms. The van der Waals surface area contributed by atoms with Gasteiger partial charge in [0.1, 0.15) is 5.82 Å². The molecule has 158 valence electrons. The summed E-state index contributed by atoms with van der Waals surface area (Å²) in [4.78, 5) is 12.8. The number of carbonyl (C=O) groups is 1. The summed E-state index contributed by atoms with van der Waals surface area (Å²) in [6.07, 6.45) is 0.0524. The predicted molar refractivity (Wildman–Crippen MR) is 108 cm³/mol. The van der Waals surface area contributed by atoms with Crippen molar-refractivity contribution in [2.75, 3.05) is 13.2 Å². The molecule has 0 aliphatic carbocycles. The van der Waals surface area contributed by atoms with Gasteiger partial charge in [-0.2, -0.15) is 0 Å². The summed E-state index contributed by atoms with van der Waals surface area (Å²) in [6.45, 7) is 6.08. The molecule has 0 spiro atoms. The molecule has 1 heterocycles. The number of carbonyl (C=O) groups excluding carboxylic acids is 1. The lowest BCUT2D eigenvalue weighted by Crippen LogP contribution is -2.46. The molecule has 0 saturated carbocycles. The number of hydrogen-bond donors (Lipinski definition) is 5. The van der Waals surface area contributed by atoms with Crippen LogP contribution in [0.4, 0.5) is 4.39 Å². The fraction of sp³-hybridized carbons (Fsp3) is 0.650. The number of aliphatic hydroxyl groups excluding tert-OH is 2. The molecule has 6 N–H and O–H groups in total. The van der Waals surface area contributed by atoms with Crippen molar-refractivity contribution in [1.29, 1.82) is 0 Å². The summed E-state index contributed by atoms with van der Waals surface area (Å²) >= 11 is 5.96. The Morgan fingerprint density at radius 2 is 2.11 bits per heavy atom. The number of aliphatic hydroxyl groups is 2. The highest BCUT2D eigenvalue weighted by atomic mass is 35.5. The zero-order valence-electron chi connectivity index (χ0n) is 16.6. The van der Waals surface area contributed by atoms with E-state index < -0.39 is 29.9 Å². The van der Waals surface area contributed by atoms with E-state index in [9.17, 15) is 14.3 Å². The molecule has 1 saturated heterocycles.